The van der Waals surface area contributed by atoms with Crippen molar-refractivity contribution >= 4 is 12.6 Å². The second-order valence-corrected chi connectivity index (χ2v) is 4.28. The van der Waals surface area contributed by atoms with Gasteiger partial charge in [0.25, 0.3) is 0 Å². The monoisotopic (exact) mass is 182 g/mol. The summed E-state index contributed by atoms with van der Waals surface area (Å²) in [6.07, 6.45) is 3.60. The molecule has 0 saturated heterocycles. The van der Waals surface area contributed by atoms with Crippen LogP contribution in [0.5, 0.6) is 0 Å². The summed E-state index contributed by atoms with van der Waals surface area (Å²) in [5.74, 6) is -0.472. The van der Waals surface area contributed by atoms with Gasteiger partial charge >= 0.3 is 0 Å². The summed E-state index contributed by atoms with van der Waals surface area (Å²) in [6, 6.07) is 0. The standard InChI is InChI=1S/C10H14O3/c1-7(2)13-10(6-12)8(5-11)9(10,3)4/h7-8H,1-4H3. The highest BCUT2D eigenvalue weighted by Crippen LogP contribution is 2.62. The van der Waals surface area contributed by atoms with Crippen molar-refractivity contribution in [2.24, 2.45) is 11.3 Å². The maximum Gasteiger partial charge on any atom is 0.234 e. The third kappa shape index (κ3) is 1.22. The summed E-state index contributed by atoms with van der Waals surface area (Å²) in [7, 11) is 0. The molecule has 1 aliphatic carbocycles. The van der Waals surface area contributed by atoms with Gasteiger partial charge in [-0.1, -0.05) is 13.8 Å². The first-order valence-electron chi connectivity index (χ1n) is 4.37. The molecule has 0 aromatic rings. The molecule has 0 amide bonds. The Morgan fingerprint density at radius 2 is 1.85 bits per heavy atom. The highest BCUT2D eigenvalue weighted by atomic mass is 16.5. The Morgan fingerprint density at radius 3 is 2.08 bits per heavy atom. The topological polar surface area (TPSA) is 43.4 Å². The van der Waals surface area contributed by atoms with Gasteiger partial charge in [0.1, 0.15) is 0 Å². The zero-order valence-electron chi connectivity index (χ0n) is 8.38. The molecule has 0 aromatic heterocycles. The van der Waals surface area contributed by atoms with Crippen LogP contribution in [0.3, 0.4) is 0 Å². The summed E-state index contributed by atoms with van der Waals surface area (Å²) in [5.41, 5.74) is -1.51. The van der Waals surface area contributed by atoms with Crippen LogP contribution in [-0.4, -0.2) is 24.3 Å². The van der Waals surface area contributed by atoms with Crippen LogP contribution in [0.2, 0.25) is 0 Å². The first kappa shape index (κ1) is 10.4. The van der Waals surface area contributed by atoms with Crippen molar-refractivity contribution in [3.8, 4) is 0 Å². The number of rotatable bonds is 4. The van der Waals surface area contributed by atoms with Crippen LogP contribution in [0.1, 0.15) is 27.7 Å². The summed E-state index contributed by atoms with van der Waals surface area (Å²) in [6.45, 7) is 7.29. The molecule has 0 N–H and O–H groups in total. The van der Waals surface area contributed by atoms with Crippen LogP contribution >= 0.6 is 0 Å². The van der Waals surface area contributed by atoms with E-state index in [9.17, 15) is 9.59 Å². The van der Waals surface area contributed by atoms with Gasteiger partial charge in [0.15, 0.2) is 5.60 Å². The minimum Gasteiger partial charge on any atom is -0.363 e. The fourth-order valence-electron chi connectivity index (χ4n) is 1.76. The second kappa shape index (κ2) is 2.91. The van der Waals surface area contributed by atoms with E-state index in [1.165, 1.54) is 0 Å². The first-order chi connectivity index (χ1) is 5.92. The van der Waals surface area contributed by atoms with Gasteiger partial charge in [-0.3, -0.25) is 9.59 Å². The van der Waals surface area contributed by atoms with E-state index in [0.29, 0.717) is 0 Å². The largest absolute Gasteiger partial charge is 0.363 e. The van der Waals surface area contributed by atoms with Crippen molar-refractivity contribution in [3.05, 3.63) is 0 Å². The number of carbonyl (C=O) groups excluding carboxylic acids is 2. The van der Waals surface area contributed by atoms with Crippen molar-refractivity contribution in [2.75, 3.05) is 0 Å². The number of hydrogen-bond donors (Lipinski definition) is 0. The number of hydrogen-bond acceptors (Lipinski definition) is 3. The molecule has 2 atom stereocenters. The molecule has 0 aromatic carbocycles. The van der Waals surface area contributed by atoms with E-state index < -0.39 is 16.9 Å². The molecule has 0 heterocycles. The Bertz CT molecular complexity index is 232. The molecule has 2 unspecified atom stereocenters. The molecule has 1 aliphatic rings. The van der Waals surface area contributed by atoms with E-state index in [-0.39, 0.29) is 6.10 Å². The summed E-state index contributed by atoms with van der Waals surface area (Å²) in [5, 5.41) is 0. The molecular weight excluding hydrogens is 168 g/mol. The molecular formula is C10H14O3. The van der Waals surface area contributed by atoms with E-state index in [1.54, 1.807) is 0 Å². The predicted molar refractivity (Wildman–Crippen MR) is 47.6 cm³/mol. The second-order valence-electron chi connectivity index (χ2n) is 4.28. The molecule has 1 fully saturated rings. The van der Waals surface area contributed by atoms with E-state index >= 15 is 0 Å². The van der Waals surface area contributed by atoms with Crippen molar-refractivity contribution in [1.29, 1.82) is 0 Å². The van der Waals surface area contributed by atoms with Crippen LogP contribution in [-0.2, 0) is 14.3 Å². The number of ether oxygens (including phenoxy) is 1. The SMILES string of the molecule is CC(C)OC1([C]=O)C([C]=O)C1(C)C. The Kier molecular flexibility index (Phi) is 2.32. The summed E-state index contributed by atoms with van der Waals surface area (Å²) in [4.78, 5) is 21.3. The smallest absolute Gasteiger partial charge is 0.234 e. The zero-order valence-corrected chi connectivity index (χ0v) is 8.38. The fourth-order valence-corrected chi connectivity index (χ4v) is 1.76. The van der Waals surface area contributed by atoms with Crippen LogP contribution in [0.4, 0.5) is 0 Å². The Labute approximate surface area is 78.5 Å². The van der Waals surface area contributed by atoms with Gasteiger partial charge in [0.2, 0.25) is 12.6 Å². The average molecular weight is 182 g/mol. The molecule has 3 nitrogen and oxygen atoms in total. The van der Waals surface area contributed by atoms with Crippen LogP contribution in [0.15, 0.2) is 0 Å². The minimum atomic E-state index is -1.05. The van der Waals surface area contributed by atoms with E-state index in [4.69, 9.17) is 4.74 Å². The Balaban J connectivity index is 2.86. The fraction of sp³-hybridized carbons (Fsp3) is 0.800. The molecule has 72 valence electrons. The average Bonchev–Trinajstić information content (AvgIpc) is 2.46. The van der Waals surface area contributed by atoms with Crippen LogP contribution in [0.25, 0.3) is 0 Å². The highest BCUT2D eigenvalue weighted by molar-refractivity contribution is 5.83. The van der Waals surface area contributed by atoms with E-state index in [0.717, 1.165) is 0 Å². The molecule has 1 saturated carbocycles. The van der Waals surface area contributed by atoms with Crippen LogP contribution in [0, 0.1) is 11.3 Å². The quantitative estimate of drug-likeness (QED) is 0.652. The molecule has 0 bridgehead atoms. The Hall–Kier alpha value is -0.700. The molecule has 2 radical (unpaired) electrons. The van der Waals surface area contributed by atoms with Crippen molar-refractivity contribution in [2.45, 2.75) is 39.4 Å². The predicted octanol–water partition coefficient (Wildman–Crippen LogP) is 1.03. The zero-order chi connectivity index (χ0) is 10.3. The summed E-state index contributed by atoms with van der Waals surface area (Å²) < 4.78 is 5.43. The third-order valence-electron chi connectivity index (χ3n) is 2.69. The van der Waals surface area contributed by atoms with Gasteiger partial charge in [0.05, 0.1) is 12.0 Å². The van der Waals surface area contributed by atoms with Gasteiger partial charge < -0.3 is 4.74 Å². The Morgan fingerprint density at radius 1 is 1.31 bits per heavy atom. The van der Waals surface area contributed by atoms with Crippen LogP contribution < -0.4 is 0 Å². The molecule has 0 aliphatic heterocycles. The third-order valence-corrected chi connectivity index (χ3v) is 2.69. The van der Waals surface area contributed by atoms with E-state index in [2.05, 4.69) is 0 Å². The van der Waals surface area contributed by atoms with Crippen molar-refractivity contribution in [3.63, 3.8) is 0 Å². The maximum absolute atomic E-state index is 10.8. The molecule has 3 heteroatoms. The lowest BCUT2D eigenvalue weighted by Gasteiger charge is -2.16. The maximum atomic E-state index is 10.8. The van der Waals surface area contributed by atoms with Crippen molar-refractivity contribution < 1.29 is 14.3 Å². The van der Waals surface area contributed by atoms with Crippen molar-refractivity contribution in [1.82, 2.24) is 0 Å². The first-order valence-corrected chi connectivity index (χ1v) is 4.37. The lowest BCUT2D eigenvalue weighted by molar-refractivity contribution is 0.00584. The van der Waals surface area contributed by atoms with E-state index in [1.807, 2.05) is 40.3 Å². The van der Waals surface area contributed by atoms with Gasteiger partial charge in [-0.25, -0.2) is 0 Å². The normalized spacial score (nSPS) is 35.9. The molecule has 1 rings (SSSR count). The minimum absolute atomic E-state index is 0.0842. The summed E-state index contributed by atoms with van der Waals surface area (Å²) >= 11 is 0. The van der Waals surface area contributed by atoms with Gasteiger partial charge in [-0.05, 0) is 13.8 Å². The lowest BCUT2D eigenvalue weighted by Crippen LogP contribution is -2.27. The lowest BCUT2D eigenvalue weighted by atomic mass is 10.1. The molecule has 13 heavy (non-hydrogen) atoms. The van der Waals surface area contributed by atoms with Gasteiger partial charge in [-0.2, -0.15) is 0 Å². The van der Waals surface area contributed by atoms with Gasteiger partial charge in [-0.15, -0.1) is 0 Å². The van der Waals surface area contributed by atoms with Gasteiger partial charge in [0, 0.05) is 5.41 Å². The highest BCUT2D eigenvalue weighted by Gasteiger charge is 2.75. The molecule has 0 spiro atoms.